The Morgan fingerprint density at radius 3 is 2.94 bits per heavy atom. The van der Waals surface area contributed by atoms with E-state index in [-0.39, 0.29) is 12.5 Å². The molecular weight excluding hydrogens is 275 g/mol. The Balaban J connectivity index is 2.25. The van der Waals surface area contributed by atoms with Crippen LogP contribution in [-0.4, -0.2) is 29.0 Å². The molecule has 0 radical (unpaired) electrons. The third-order valence-corrected chi connectivity index (χ3v) is 3.28. The third-order valence-electron chi connectivity index (χ3n) is 2.78. The van der Waals surface area contributed by atoms with Crippen LogP contribution in [-0.2, 0) is 4.79 Å². The first-order chi connectivity index (χ1) is 8.56. The minimum Gasteiger partial charge on any atom is -0.303 e. The Hall–Kier alpha value is -1.59. The molecule has 0 spiro atoms. The van der Waals surface area contributed by atoms with E-state index in [9.17, 15) is 4.79 Å². The van der Waals surface area contributed by atoms with Crippen molar-refractivity contribution < 1.29 is 4.79 Å². The van der Waals surface area contributed by atoms with Gasteiger partial charge < -0.3 is 4.90 Å². The van der Waals surface area contributed by atoms with Crippen LogP contribution < -0.4 is 5.43 Å². The van der Waals surface area contributed by atoms with E-state index in [1.165, 1.54) is 0 Å². The maximum atomic E-state index is 11.3. The molecule has 92 valence electrons. The maximum Gasteiger partial charge on any atom is 0.260 e. The highest BCUT2D eigenvalue weighted by atomic mass is 35.5. The number of halogens is 2. The van der Waals surface area contributed by atoms with E-state index in [0.29, 0.717) is 27.4 Å². The van der Waals surface area contributed by atoms with E-state index in [4.69, 9.17) is 23.2 Å². The molecule has 2 heterocycles. The molecule has 1 amide bonds. The van der Waals surface area contributed by atoms with Gasteiger partial charge >= 0.3 is 0 Å². The van der Waals surface area contributed by atoms with E-state index >= 15 is 0 Å². The van der Waals surface area contributed by atoms with E-state index in [1.54, 1.807) is 17.0 Å². The monoisotopic (exact) mass is 282 g/mol. The summed E-state index contributed by atoms with van der Waals surface area (Å²) in [6, 6.07) is 3.37. The molecule has 18 heavy (non-hydrogen) atoms. The van der Waals surface area contributed by atoms with Gasteiger partial charge in [-0.25, -0.2) is 10.4 Å². The van der Waals surface area contributed by atoms with Gasteiger partial charge in [-0.1, -0.05) is 23.2 Å². The Bertz CT molecular complexity index is 624. The molecule has 0 bridgehead atoms. The van der Waals surface area contributed by atoms with Crippen LogP contribution in [0.3, 0.4) is 0 Å². The van der Waals surface area contributed by atoms with Crippen LogP contribution in [0.2, 0.25) is 10.0 Å². The minimum atomic E-state index is -0.176. The zero-order valence-corrected chi connectivity index (χ0v) is 10.9. The molecule has 0 atom stereocenters. The normalized spacial score (nSPS) is 17.5. The quantitative estimate of drug-likeness (QED) is 0.793. The number of amides is 1. The van der Waals surface area contributed by atoms with Crippen LogP contribution in [0, 0.1) is 0 Å². The highest BCUT2D eigenvalue weighted by Gasteiger charge is 2.30. The van der Waals surface area contributed by atoms with Gasteiger partial charge in [-0.3, -0.25) is 4.79 Å². The van der Waals surface area contributed by atoms with Gasteiger partial charge in [0.25, 0.3) is 5.91 Å². The van der Waals surface area contributed by atoms with Crippen LogP contribution in [0.4, 0.5) is 5.69 Å². The standard InChI is InChI=1S/C11H8Cl2N4O/c1-5-14-10-7(2-6(12)3-8(10)13)11-16-15-9(18)4-17(5)11/h2-3H,4H2,1H3,(H,15,18). The van der Waals surface area contributed by atoms with Gasteiger partial charge in [-0.05, 0) is 19.1 Å². The molecule has 0 unspecified atom stereocenters. The Kier molecular flexibility index (Phi) is 2.53. The summed E-state index contributed by atoms with van der Waals surface area (Å²) in [7, 11) is 0. The molecule has 2 aliphatic heterocycles. The minimum absolute atomic E-state index is 0.176. The summed E-state index contributed by atoms with van der Waals surface area (Å²) in [5.41, 5.74) is 3.80. The zero-order valence-electron chi connectivity index (χ0n) is 9.37. The van der Waals surface area contributed by atoms with Crippen LogP contribution in [0.15, 0.2) is 22.2 Å². The van der Waals surface area contributed by atoms with Crippen LogP contribution in [0.1, 0.15) is 12.5 Å². The number of benzene rings is 1. The zero-order chi connectivity index (χ0) is 12.9. The molecule has 1 N–H and O–H groups in total. The van der Waals surface area contributed by atoms with Crippen LogP contribution >= 0.6 is 23.2 Å². The second-order valence-electron chi connectivity index (χ2n) is 4.00. The molecule has 0 saturated carbocycles. The average Bonchev–Trinajstić information content (AvgIpc) is 2.31. The molecule has 5 nitrogen and oxygen atoms in total. The number of amidine groups is 2. The van der Waals surface area contributed by atoms with Crippen molar-refractivity contribution in [3.63, 3.8) is 0 Å². The highest BCUT2D eigenvalue weighted by molar-refractivity contribution is 6.38. The van der Waals surface area contributed by atoms with Crippen molar-refractivity contribution >= 4 is 46.5 Å². The average molecular weight is 283 g/mol. The lowest BCUT2D eigenvalue weighted by Crippen LogP contribution is -2.49. The molecule has 0 saturated heterocycles. The highest BCUT2D eigenvalue weighted by Crippen LogP contribution is 2.36. The van der Waals surface area contributed by atoms with Gasteiger partial charge in [-0.15, -0.1) is 0 Å². The van der Waals surface area contributed by atoms with E-state index < -0.39 is 0 Å². The van der Waals surface area contributed by atoms with Crippen molar-refractivity contribution in [3.05, 3.63) is 27.7 Å². The van der Waals surface area contributed by atoms with E-state index in [0.717, 1.165) is 5.56 Å². The fraction of sp³-hybridized carbons (Fsp3) is 0.182. The maximum absolute atomic E-state index is 11.3. The number of nitrogens with zero attached hydrogens (tertiary/aromatic N) is 3. The first-order valence-electron chi connectivity index (χ1n) is 5.25. The predicted molar refractivity (Wildman–Crippen MR) is 70.6 cm³/mol. The SMILES string of the molecule is CC1=Nc2c(Cl)cc(Cl)cc2C2=NNC(=O)CN12. The summed E-state index contributed by atoms with van der Waals surface area (Å²) >= 11 is 12.1. The van der Waals surface area contributed by atoms with Gasteiger partial charge in [0.05, 0.1) is 10.7 Å². The van der Waals surface area contributed by atoms with E-state index in [1.807, 2.05) is 6.92 Å². The number of hydrogen-bond donors (Lipinski definition) is 1. The first kappa shape index (κ1) is 11.5. The number of hydrazone groups is 1. The number of hydrogen-bond acceptors (Lipinski definition) is 4. The second-order valence-corrected chi connectivity index (χ2v) is 4.84. The fourth-order valence-electron chi connectivity index (χ4n) is 1.98. The lowest BCUT2D eigenvalue weighted by molar-refractivity contribution is -0.121. The smallest absolute Gasteiger partial charge is 0.260 e. The molecule has 2 aliphatic rings. The number of aliphatic imine (C=N–C) groups is 1. The lowest BCUT2D eigenvalue weighted by Gasteiger charge is -2.32. The Morgan fingerprint density at radius 1 is 1.39 bits per heavy atom. The molecule has 0 aliphatic carbocycles. The van der Waals surface area contributed by atoms with Crippen molar-refractivity contribution in [3.8, 4) is 0 Å². The summed E-state index contributed by atoms with van der Waals surface area (Å²) < 4.78 is 0. The van der Waals surface area contributed by atoms with Crippen molar-refractivity contribution in [1.29, 1.82) is 0 Å². The molecule has 3 rings (SSSR count). The lowest BCUT2D eigenvalue weighted by atomic mass is 10.1. The molecule has 1 aromatic carbocycles. The number of fused-ring (bicyclic) bond motifs is 3. The number of rotatable bonds is 0. The van der Waals surface area contributed by atoms with Gasteiger partial charge in [0.1, 0.15) is 12.4 Å². The number of carbonyl (C=O) groups excluding carboxylic acids is 1. The second kappa shape index (κ2) is 3.96. The first-order valence-corrected chi connectivity index (χ1v) is 6.00. The molecule has 0 fully saturated rings. The number of carbonyl (C=O) groups is 1. The summed E-state index contributed by atoms with van der Waals surface area (Å²) in [4.78, 5) is 17.5. The Labute approximate surface area is 113 Å². The summed E-state index contributed by atoms with van der Waals surface area (Å²) in [6.07, 6.45) is 0. The predicted octanol–water partition coefficient (Wildman–Crippen LogP) is 2.15. The molecule has 1 aromatic rings. The number of nitrogens with one attached hydrogen (secondary N) is 1. The van der Waals surface area contributed by atoms with Crippen molar-refractivity contribution in [1.82, 2.24) is 10.3 Å². The van der Waals surface area contributed by atoms with Gasteiger partial charge in [0, 0.05) is 10.6 Å². The largest absolute Gasteiger partial charge is 0.303 e. The summed E-state index contributed by atoms with van der Waals surface area (Å²) in [5, 5.41) is 5.03. The van der Waals surface area contributed by atoms with Crippen molar-refractivity contribution in [2.45, 2.75) is 6.92 Å². The van der Waals surface area contributed by atoms with Gasteiger partial charge in [0.15, 0.2) is 5.84 Å². The topological polar surface area (TPSA) is 57.1 Å². The third kappa shape index (κ3) is 1.67. The fourth-order valence-corrected chi connectivity index (χ4v) is 2.51. The molecule has 7 heteroatoms. The van der Waals surface area contributed by atoms with Crippen LogP contribution in [0.5, 0.6) is 0 Å². The Morgan fingerprint density at radius 2 is 2.17 bits per heavy atom. The molecule has 0 aromatic heterocycles. The van der Waals surface area contributed by atoms with Crippen molar-refractivity contribution in [2.24, 2.45) is 10.1 Å². The van der Waals surface area contributed by atoms with Crippen molar-refractivity contribution in [2.75, 3.05) is 6.54 Å². The van der Waals surface area contributed by atoms with Crippen LogP contribution in [0.25, 0.3) is 0 Å². The van der Waals surface area contributed by atoms with E-state index in [2.05, 4.69) is 15.5 Å². The summed E-state index contributed by atoms with van der Waals surface area (Å²) in [6.45, 7) is 2.00. The summed E-state index contributed by atoms with van der Waals surface area (Å²) in [5.74, 6) is 1.12. The molecular formula is C11H8Cl2N4O. The van der Waals surface area contributed by atoms with Gasteiger partial charge in [-0.2, -0.15) is 5.10 Å². The van der Waals surface area contributed by atoms with Gasteiger partial charge in [0.2, 0.25) is 0 Å².